The van der Waals surface area contributed by atoms with Crippen molar-refractivity contribution < 1.29 is 28.4 Å². The summed E-state index contributed by atoms with van der Waals surface area (Å²) in [5.41, 5.74) is 0. The van der Waals surface area contributed by atoms with Gasteiger partial charge in [-0.3, -0.25) is 0 Å². The lowest BCUT2D eigenvalue weighted by molar-refractivity contribution is -0.162. The highest BCUT2D eigenvalue weighted by Crippen LogP contribution is 2.04. The summed E-state index contributed by atoms with van der Waals surface area (Å²) in [6.45, 7) is 12.1. The minimum Gasteiger partial charge on any atom is -0.379 e. The van der Waals surface area contributed by atoms with Crippen LogP contribution < -0.4 is 0 Å². The smallest absolute Gasteiger partial charge is 0.157 e. The molecule has 0 N–H and O–H groups in total. The Morgan fingerprint density at radius 3 is 1.36 bits per heavy atom. The van der Waals surface area contributed by atoms with Gasteiger partial charge in [-0.2, -0.15) is 0 Å². The fourth-order valence-corrected chi connectivity index (χ4v) is 1.66. The molecule has 6 heteroatoms. The van der Waals surface area contributed by atoms with Crippen molar-refractivity contribution in [1.82, 2.24) is 0 Å². The van der Waals surface area contributed by atoms with Gasteiger partial charge in [0, 0.05) is 13.2 Å². The molecule has 0 saturated carbocycles. The van der Waals surface area contributed by atoms with Gasteiger partial charge in [-0.15, -0.1) is 0 Å². The van der Waals surface area contributed by atoms with Crippen LogP contribution in [0.1, 0.15) is 33.6 Å². The largest absolute Gasteiger partial charge is 0.379 e. The third-order valence-electron chi connectivity index (χ3n) is 2.74. The molecule has 0 rings (SSSR count). The predicted molar refractivity (Wildman–Crippen MR) is 85.2 cm³/mol. The van der Waals surface area contributed by atoms with Crippen molar-refractivity contribution in [3.8, 4) is 0 Å². The van der Waals surface area contributed by atoms with Crippen LogP contribution in [0.2, 0.25) is 0 Å². The summed E-state index contributed by atoms with van der Waals surface area (Å²) in [4.78, 5) is 0. The lowest BCUT2D eigenvalue weighted by atomic mass is 10.3. The monoisotopic (exact) mass is 322 g/mol. The molecule has 0 saturated heterocycles. The zero-order valence-corrected chi connectivity index (χ0v) is 14.5. The molecule has 0 aromatic heterocycles. The van der Waals surface area contributed by atoms with Gasteiger partial charge in [-0.1, -0.05) is 13.3 Å². The number of hydrogen-bond acceptors (Lipinski definition) is 6. The third kappa shape index (κ3) is 16.1. The van der Waals surface area contributed by atoms with Crippen LogP contribution in [-0.2, 0) is 28.4 Å². The van der Waals surface area contributed by atoms with Crippen molar-refractivity contribution in [2.24, 2.45) is 0 Å². The Balaban J connectivity index is 3.44. The van der Waals surface area contributed by atoms with E-state index in [2.05, 4.69) is 6.92 Å². The molecule has 0 aromatic carbocycles. The van der Waals surface area contributed by atoms with E-state index >= 15 is 0 Å². The average Bonchev–Trinajstić information content (AvgIpc) is 2.53. The normalized spacial score (nSPS) is 11.5. The Hall–Kier alpha value is -0.240. The maximum absolute atomic E-state index is 5.67. The van der Waals surface area contributed by atoms with Crippen molar-refractivity contribution in [3.63, 3.8) is 0 Å². The number of hydrogen-bond donors (Lipinski definition) is 0. The first-order valence-electron chi connectivity index (χ1n) is 8.39. The van der Waals surface area contributed by atoms with E-state index < -0.39 is 0 Å². The molecule has 6 nitrogen and oxygen atoms in total. The highest BCUT2D eigenvalue weighted by Gasteiger charge is 2.08. The lowest BCUT2D eigenvalue weighted by Gasteiger charge is -2.18. The first-order chi connectivity index (χ1) is 10.8. The van der Waals surface area contributed by atoms with Crippen LogP contribution in [0, 0.1) is 0 Å². The molecule has 134 valence electrons. The van der Waals surface area contributed by atoms with Gasteiger partial charge in [0.15, 0.2) is 6.29 Å². The van der Waals surface area contributed by atoms with Crippen molar-refractivity contribution in [2.45, 2.75) is 39.9 Å². The van der Waals surface area contributed by atoms with E-state index in [4.69, 9.17) is 28.4 Å². The third-order valence-corrected chi connectivity index (χ3v) is 2.74. The zero-order valence-electron chi connectivity index (χ0n) is 14.5. The van der Waals surface area contributed by atoms with E-state index in [1.54, 1.807) is 0 Å². The van der Waals surface area contributed by atoms with Gasteiger partial charge in [-0.05, 0) is 20.3 Å². The first kappa shape index (κ1) is 21.8. The molecular weight excluding hydrogens is 288 g/mol. The summed E-state index contributed by atoms with van der Waals surface area (Å²) in [6.07, 6.45) is 1.70. The Morgan fingerprint density at radius 1 is 0.545 bits per heavy atom. The topological polar surface area (TPSA) is 55.4 Å². The Kier molecular flexibility index (Phi) is 18.6. The highest BCUT2D eigenvalue weighted by atomic mass is 16.7. The zero-order chi connectivity index (χ0) is 16.3. The van der Waals surface area contributed by atoms with Gasteiger partial charge >= 0.3 is 0 Å². The van der Waals surface area contributed by atoms with Crippen LogP contribution in [0.4, 0.5) is 0 Å². The fourth-order valence-electron chi connectivity index (χ4n) is 1.66. The molecule has 0 aromatic rings. The Labute approximate surface area is 135 Å². The molecule has 22 heavy (non-hydrogen) atoms. The van der Waals surface area contributed by atoms with Crippen molar-refractivity contribution in [2.75, 3.05) is 66.1 Å². The standard InChI is InChI=1S/C16H34O6/c1-4-7-16(21-14-12-19-10-8-17-5-2)22-15-13-20-11-9-18-6-3/h16H,4-15H2,1-3H3. The fraction of sp³-hybridized carbons (Fsp3) is 1.00. The molecule has 0 amide bonds. The van der Waals surface area contributed by atoms with Gasteiger partial charge in [0.25, 0.3) is 0 Å². The maximum Gasteiger partial charge on any atom is 0.157 e. The molecule has 0 aliphatic rings. The van der Waals surface area contributed by atoms with E-state index in [0.717, 1.165) is 26.1 Å². The minimum absolute atomic E-state index is 0.184. The van der Waals surface area contributed by atoms with E-state index in [9.17, 15) is 0 Å². The number of rotatable bonds is 18. The molecule has 0 spiro atoms. The molecule has 0 unspecified atom stereocenters. The molecule has 0 bridgehead atoms. The summed E-state index contributed by atoms with van der Waals surface area (Å²) in [5.74, 6) is 0. The van der Waals surface area contributed by atoms with Crippen molar-refractivity contribution >= 4 is 0 Å². The van der Waals surface area contributed by atoms with Crippen LogP contribution in [0.3, 0.4) is 0 Å². The second-order valence-corrected chi connectivity index (χ2v) is 4.58. The summed E-state index contributed by atoms with van der Waals surface area (Å²) < 4.78 is 32.5. The van der Waals surface area contributed by atoms with Crippen molar-refractivity contribution in [1.29, 1.82) is 0 Å². The molecule has 0 atom stereocenters. The summed E-state index contributed by atoms with van der Waals surface area (Å²) in [6, 6.07) is 0. The molecule has 0 fully saturated rings. The predicted octanol–water partition coefficient (Wildman–Crippen LogP) is 2.25. The first-order valence-corrected chi connectivity index (χ1v) is 8.39. The quantitative estimate of drug-likeness (QED) is 0.285. The van der Waals surface area contributed by atoms with Crippen LogP contribution in [0.15, 0.2) is 0 Å². The van der Waals surface area contributed by atoms with Gasteiger partial charge in [0.2, 0.25) is 0 Å². The second kappa shape index (κ2) is 18.8. The van der Waals surface area contributed by atoms with Gasteiger partial charge in [-0.25, -0.2) is 0 Å². The van der Waals surface area contributed by atoms with E-state index in [1.165, 1.54) is 0 Å². The summed E-state index contributed by atoms with van der Waals surface area (Å²) in [5, 5.41) is 0. The molecular formula is C16H34O6. The molecule has 0 heterocycles. The second-order valence-electron chi connectivity index (χ2n) is 4.58. The number of ether oxygens (including phenoxy) is 6. The molecule has 0 aliphatic heterocycles. The van der Waals surface area contributed by atoms with E-state index in [1.807, 2.05) is 13.8 Å². The van der Waals surface area contributed by atoms with E-state index in [0.29, 0.717) is 52.9 Å². The molecule has 0 radical (unpaired) electrons. The Bertz CT molecular complexity index is 185. The van der Waals surface area contributed by atoms with Gasteiger partial charge in [0.05, 0.1) is 52.9 Å². The summed E-state index contributed by atoms with van der Waals surface area (Å²) >= 11 is 0. The van der Waals surface area contributed by atoms with Crippen molar-refractivity contribution in [3.05, 3.63) is 0 Å². The van der Waals surface area contributed by atoms with Crippen LogP contribution in [0.5, 0.6) is 0 Å². The van der Waals surface area contributed by atoms with E-state index in [-0.39, 0.29) is 6.29 Å². The van der Waals surface area contributed by atoms with Crippen LogP contribution in [0.25, 0.3) is 0 Å². The van der Waals surface area contributed by atoms with Gasteiger partial charge in [0.1, 0.15) is 0 Å². The SMILES string of the molecule is CCCC(OCCOCCOCC)OCCOCCOCC. The summed E-state index contributed by atoms with van der Waals surface area (Å²) in [7, 11) is 0. The van der Waals surface area contributed by atoms with Crippen LogP contribution >= 0.6 is 0 Å². The Morgan fingerprint density at radius 2 is 0.955 bits per heavy atom. The van der Waals surface area contributed by atoms with Gasteiger partial charge < -0.3 is 28.4 Å². The lowest BCUT2D eigenvalue weighted by Crippen LogP contribution is -2.22. The maximum atomic E-state index is 5.67. The molecule has 0 aliphatic carbocycles. The minimum atomic E-state index is -0.184. The average molecular weight is 322 g/mol. The highest BCUT2D eigenvalue weighted by molar-refractivity contribution is 4.45. The van der Waals surface area contributed by atoms with Crippen LogP contribution in [-0.4, -0.2) is 72.4 Å².